The molecule has 5 nitrogen and oxygen atoms in total. The van der Waals surface area contributed by atoms with Crippen LogP contribution in [0.25, 0.3) is 11.3 Å². The molecular weight excluding hydrogens is 338 g/mol. The second-order valence-electron chi connectivity index (χ2n) is 5.11. The number of aromatic hydroxyl groups is 1. The number of carbonyl (C=O) groups is 1. The number of aromatic nitrogens is 1. The number of aryl methyl sites for hydroxylation is 2. The zero-order chi connectivity index (χ0) is 17.4. The zero-order valence-electron chi connectivity index (χ0n) is 12.7. The van der Waals surface area contributed by atoms with Gasteiger partial charge in [0.1, 0.15) is 11.5 Å². The van der Waals surface area contributed by atoms with Gasteiger partial charge in [0.05, 0.1) is 5.69 Å². The second kappa shape index (κ2) is 6.04. The van der Waals surface area contributed by atoms with Crippen molar-refractivity contribution in [1.29, 1.82) is 0 Å². The number of hydrogen-bond donors (Lipinski definition) is 2. The van der Waals surface area contributed by atoms with Crippen molar-refractivity contribution in [2.24, 2.45) is 0 Å². The van der Waals surface area contributed by atoms with Gasteiger partial charge in [0.25, 0.3) is 5.91 Å². The summed E-state index contributed by atoms with van der Waals surface area (Å²) in [7, 11) is 0. The summed E-state index contributed by atoms with van der Waals surface area (Å²) in [4.78, 5) is 16.3. The topological polar surface area (TPSA) is 75.4 Å². The first-order valence-electron chi connectivity index (χ1n) is 6.87. The lowest BCUT2D eigenvalue weighted by atomic mass is 10.2. The van der Waals surface area contributed by atoms with Gasteiger partial charge in [-0.15, -0.1) is 11.3 Å². The number of phenols is 1. The van der Waals surface area contributed by atoms with Crippen molar-refractivity contribution in [2.75, 3.05) is 5.32 Å². The summed E-state index contributed by atoms with van der Waals surface area (Å²) in [6.07, 6.45) is 0. The molecule has 3 aromatic rings. The molecule has 0 aliphatic rings. The third-order valence-electron chi connectivity index (χ3n) is 3.32. The van der Waals surface area contributed by atoms with E-state index in [-0.39, 0.29) is 10.7 Å². The van der Waals surface area contributed by atoms with Crippen LogP contribution in [-0.2, 0) is 0 Å². The van der Waals surface area contributed by atoms with Crippen LogP contribution in [-0.4, -0.2) is 16.0 Å². The van der Waals surface area contributed by atoms with Gasteiger partial charge in [0.15, 0.2) is 22.5 Å². The van der Waals surface area contributed by atoms with Crippen LogP contribution in [0.4, 0.5) is 13.9 Å². The maximum Gasteiger partial charge on any atom is 0.257 e. The number of rotatable bonds is 3. The van der Waals surface area contributed by atoms with E-state index in [0.717, 1.165) is 23.5 Å². The van der Waals surface area contributed by atoms with E-state index in [4.69, 9.17) is 9.52 Å². The first-order chi connectivity index (χ1) is 11.3. The normalized spacial score (nSPS) is 10.8. The van der Waals surface area contributed by atoms with Crippen LogP contribution in [0.3, 0.4) is 0 Å². The standard InChI is InChI=1S/C16H12F2N2O3S/c1-7-3-10(8(2)23-7)13-6-24-16(19-13)20-15(22)9-4-11(17)14(21)12(18)5-9/h3-6,21H,1-2H3,(H,19,20,22). The predicted molar refractivity (Wildman–Crippen MR) is 85.3 cm³/mol. The third kappa shape index (κ3) is 3.00. The molecule has 0 atom stereocenters. The molecule has 0 saturated carbocycles. The Hall–Kier alpha value is -2.74. The number of nitrogens with one attached hydrogen (secondary N) is 1. The highest BCUT2D eigenvalue weighted by molar-refractivity contribution is 7.14. The van der Waals surface area contributed by atoms with Gasteiger partial charge < -0.3 is 9.52 Å². The van der Waals surface area contributed by atoms with E-state index in [9.17, 15) is 13.6 Å². The Morgan fingerprint density at radius 1 is 1.25 bits per heavy atom. The summed E-state index contributed by atoms with van der Waals surface area (Å²) >= 11 is 1.18. The van der Waals surface area contributed by atoms with Gasteiger partial charge in [-0.3, -0.25) is 10.1 Å². The molecule has 0 spiro atoms. The second-order valence-corrected chi connectivity index (χ2v) is 5.97. The number of carbonyl (C=O) groups excluding carboxylic acids is 1. The first kappa shape index (κ1) is 16.1. The molecule has 124 valence electrons. The molecule has 0 aliphatic heterocycles. The number of furan rings is 1. The lowest BCUT2D eigenvalue weighted by molar-refractivity contribution is 0.102. The van der Waals surface area contributed by atoms with Gasteiger partial charge >= 0.3 is 0 Å². The molecule has 2 N–H and O–H groups in total. The Kier molecular flexibility index (Phi) is 4.06. The molecule has 0 fully saturated rings. The Morgan fingerprint density at radius 2 is 1.92 bits per heavy atom. The zero-order valence-corrected chi connectivity index (χ0v) is 13.5. The van der Waals surface area contributed by atoms with Crippen LogP contribution in [0, 0.1) is 25.5 Å². The molecule has 0 unspecified atom stereocenters. The Balaban J connectivity index is 1.82. The van der Waals surface area contributed by atoms with Gasteiger partial charge in [-0.05, 0) is 32.0 Å². The van der Waals surface area contributed by atoms with Gasteiger partial charge in [-0.25, -0.2) is 13.8 Å². The minimum Gasteiger partial charge on any atom is -0.503 e. The molecule has 3 rings (SSSR count). The molecule has 2 aromatic heterocycles. The highest BCUT2D eigenvalue weighted by atomic mass is 32.1. The molecule has 0 radical (unpaired) electrons. The molecule has 24 heavy (non-hydrogen) atoms. The minimum atomic E-state index is -1.20. The molecule has 8 heteroatoms. The van der Waals surface area contributed by atoms with Crippen molar-refractivity contribution in [3.05, 3.63) is 52.3 Å². The van der Waals surface area contributed by atoms with E-state index in [1.807, 2.05) is 19.9 Å². The fourth-order valence-electron chi connectivity index (χ4n) is 2.21. The van der Waals surface area contributed by atoms with Gasteiger partial charge in [-0.2, -0.15) is 0 Å². The summed E-state index contributed by atoms with van der Waals surface area (Å²) in [5.41, 5.74) is 1.19. The summed E-state index contributed by atoms with van der Waals surface area (Å²) in [6, 6.07) is 3.35. The number of nitrogens with zero attached hydrogens (tertiary/aromatic N) is 1. The molecule has 0 aliphatic carbocycles. The van der Waals surface area contributed by atoms with Crippen molar-refractivity contribution in [3.63, 3.8) is 0 Å². The number of benzene rings is 1. The van der Waals surface area contributed by atoms with Crippen LogP contribution >= 0.6 is 11.3 Å². The summed E-state index contributed by atoms with van der Waals surface area (Å²) in [6.45, 7) is 3.63. The number of phenolic OH excluding ortho intramolecular Hbond substituents is 1. The van der Waals surface area contributed by atoms with E-state index >= 15 is 0 Å². The van der Waals surface area contributed by atoms with Crippen molar-refractivity contribution in [3.8, 4) is 17.0 Å². The minimum absolute atomic E-state index is 0.255. The van der Waals surface area contributed by atoms with Crippen molar-refractivity contribution >= 4 is 22.4 Å². The van der Waals surface area contributed by atoms with E-state index in [1.165, 1.54) is 11.3 Å². The SMILES string of the molecule is Cc1cc(-c2csc(NC(=O)c3cc(F)c(O)c(F)c3)n2)c(C)o1. The van der Waals surface area contributed by atoms with Crippen LogP contribution in [0.2, 0.25) is 0 Å². The smallest absolute Gasteiger partial charge is 0.257 e. The molecule has 1 aromatic carbocycles. The number of anilines is 1. The number of halogens is 2. The maximum atomic E-state index is 13.3. The number of hydrogen-bond acceptors (Lipinski definition) is 5. The monoisotopic (exact) mass is 350 g/mol. The quantitative estimate of drug-likeness (QED) is 0.740. The Morgan fingerprint density at radius 3 is 2.50 bits per heavy atom. The van der Waals surface area contributed by atoms with Crippen LogP contribution in [0.1, 0.15) is 21.9 Å². The van der Waals surface area contributed by atoms with E-state index in [1.54, 1.807) is 5.38 Å². The van der Waals surface area contributed by atoms with Gasteiger partial charge in [0.2, 0.25) is 0 Å². The van der Waals surface area contributed by atoms with Gasteiger partial charge in [-0.1, -0.05) is 0 Å². The highest BCUT2D eigenvalue weighted by Gasteiger charge is 2.17. The Labute approximate surface area is 139 Å². The molecule has 0 saturated heterocycles. The molecular formula is C16H12F2N2O3S. The number of amides is 1. The Bertz CT molecular complexity index is 910. The number of thiazole rings is 1. The van der Waals surface area contributed by atoms with E-state index < -0.39 is 23.3 Å². The van der Waals surface area contributed by atoms with Crippen molar-refractivity contribution in [2.45, 2.75) is 13.8 Å². The summed E-state index contributed by atoms with van der Waals surface area (Å²) < 4.78 is 32.1. The average Bonchev–Trinajstić information content (AvgIpc) is 3.10. The largest absolute Gasteiger partial charge is 0.503 e. The third-order valence-corrected chi connectivity index (χ3v) is 4.08. The summed E-state index contributed by atoms with van der Waals surface area (Å²) in [5.74, 6) is -2.80. The molecule has 0 bridgehead atoms. The van der Waals surface area contributed by atoms with Crippen LogP contribution in [0.15, 0.2) is 28.0 Å². The fraction of sp³-hybridized carbons (Fsp3) is 0.125. The lowest BCUT2D eigenvalue weighted by Crippen LogP contribution is -2.12. The van der Waals surface area contributed by atoms with Gasteiger partial charge in [0, 0.05) is 16.5 Å². The first-order valence-corrected chi connectivity index (χ1v) is 7.75. The highest BCUT2D eigenvalue weighted by Crippen LogP contribution is 2.30. The fourth-order valence-corrected chi connectivity index (χ4v) is 2.91. The van der Waals surface area contributed by atoms with Crippen LogP contribution in [0.5, 0.6) is 5.75 Å². The predicted octanol–water partition coefficient (Wildman–Crippen LogP) is 4.26. The van der Waals surface area contributed by atoms with Crippen molar-refractivity contribution in [1.82, 2.24) is 4.98 Å². The lowest BCUT2D eigenvalue weighted by Gasteiger charge is -2.04. The maximum absolute atomic E-state index is 13.3. The molecule has 2 heterocycles. The molecule has 1 amide bonds. The summed E-state index contributed by atoms with van der Waals surface area (Å²) in [5, 5.41) is 13.6. The van der Waals surface area contributed by atoms with Crippen LogP contribution < -0.4 is 5.32 Å². The average molecular weight is 350 g/mol. The van der Waals surface area contributed by atoms with Crippen molar-refractivity contribution < 1.29 is 23.1 Å². The van der Waals surface area contributed by atoms with E-state index in [0.29, 0.717) is 11.5 Å². The van der Waals surface area contributed by atoms with E-state index in [2.05, 4.69) is 10.3 Å².